The van der Waals surface area contributed by atoms with Crippen LogP contribution in [0.1, 0.15) is 24.0 Å². The van der Waals surface area contributed by atoms with Crippen LogP contribution in [0.15, 0.2) is 54.6 Å². The number of carbonyl (C=O) groups is 2. The molecule has 6 heteroatoms. The zero-order valence-electron chi connectivity index (χ0n) is 14.2. The van der Waals surface area contributed by atoms with E-state index in [1.54, 1.807) is 24.3 Å². The van der Waals surface area contributed by atoms with Gasteiger partial charge in [-0.2, -0.15) is 0 Å². The second-order valence-electron chi connectivity index (χ2n) is 6.56. The summed E-state index contributed by atoms with van der Waals surface area (Å²) in [5.41, 5.74) is 0.451. The van der Waals surface area contributed by atoms with Gasteiger partial charge in [-0.25, -0.2) is 0 Å². The van der Waals surface area contributed by atoms with Gasteiger partial charge in [0, 0.05) is 11.6 Å². The third kappa shape index (κ3) is 4.42. The highest BCUT2D eigenvalue weighted by Crippen LogP contribution is 2.45. The van der Waals surface area contributed by atoms with Crippen LogP contribution in [-0.2, 0) is 21.7 Å². The first-order valence-electron chi connectivity index (χ1n) is 8.57. The molecule has 0 heterocycles. The molecule has 0 aliphatic heterocycles. The van der Waals surface area contributed by atoms with Gasteiger partial charge in [0.05, 0.1) is 6.54 Å². The highest BCUT2D eigenvalue weighted by atomic mass is 35.5. The summed E-state index contributed by atoms with van der Waals surface area (Å²) in [6.45, 7) is 0.240. The number of halogens is 1. The van der Waals surface area contributed by atoms with Crippen molar-refractivity contribution in [1.82, 2.24) is 10.6 Å². The fourth-order valence-electron chi connectivity index (χ4n) is 2.93. The molecule has 3 rings (SSSR count). The van der Waals surface area contributed by atoms with E-state index in [2.05, 4.69) is 10.6 Å². The summed E-state index contributed by atoms with van der Waals surface area (Å²) < 4.78 is 0. The van der Waals surface area contributed by atoms with Gasteiger partial charge >= 0.3 is 11.8 Å². The van der Waals surface area contributed by atoms with Crippen LogP contribution < -0.4 is 10.6 Å². The molecule has 2 aromatic carbocycles. The van der Waals surface area contributed by atoms with Crippen LogP contribution in [0.2, 0.25) is 5.02 Å². The SMILES string of the molecule is O=C(NCc1ccc(Cl)cc1)C(=O)NCC(O)(c1ccccc1)C1CC1. The maximum Gasteiger partial charge on any atom is 0.309 e. The molecule has 3 N–H and O–H groups in total. The Bertz CT molecular complexity index is 775. The lowest BCUT2D eigenvalue weighted by Gasteiger charge is -2.29. The quantitative estimate of drug-likeness (QED) is 0.681. The number of hydrogen-bond donors (Lipinski definition) is 3. The lowest BCUT2D eigenvalue weighted by atomic mass is 9.88. The van der Waals surface area contributed by atoms with Crippen molar-refractivity contribution >= 4 is 23.4 Å². The first-order valence-corrected chi connectivity index (χ1v) is 8.95. The van der Waals surface area contributed by atoms with E-state index < -0.39 is 17.4 Å². The molecule has 2 aromatic rings. The van der Waals surface area contributed by atoms with Gasteiger partial charge in [0.25, 0.3) is 0 Å². The third-order valence-corrected chi connectivity index (χ3v) is 4.87. The maximum atomic E-state index is 12.1. The highest BCUT2D eigenvalue weighted by Gasteiger charge is 2.45. The third-order valence-electron chi connectivity index (χ3n) is 4.62. The lowest BCUT2D eigenvalue weighted by molar-refractivity contribution is -0.140. The Kier molecular flexibility index (Phi) is 5.59. The molecule has 5 nitrogen and oxygen atoms in total. The predicted molar refractivity (Wildman–Crippen MR) is 99.4 cm³/mol. The van der Waals surface area contributed by atoms with E-state index in [-0.39, 0.29) is 19.0 Å². The molecule has 1 aliphatic rings. The smallest absolute Gasteiger partial charge is 0.309 e. The number of nitrogens with one attached hydrogen (secondary N) is 2. The van der Waals surface area contributed by atoms with E-state index in [9.17, 15) is 14.7 Å². The van der Waals surface area contributed by atoms with Crippen molar-refractivity contribution < 1.29 is 14.7 Å². The van der Waals surface area contributed by atoms with Crippen LogP contribution in [0.25, 0.3) is 0 Å². The zero-order valence-corrected chi connectivity index (χ0v) is 15.0. The van der Waals surface area contributed by atoms with Crippen LogP contribution in [0.5, 0.6) is 0 Å². The van der Waals surface area contributed by atoms with Crippen LogP contribution in [0.4, 0.5) is 0 Å². The van der Waals surface area contributed by atoms with Crippen LogP contribution in [-0.4, -0.2) is 23.5 Å². The topological polar surface area (TPSA) is 78.4 Å². The number of hydrogen-bond acceptors (Lipinski definition) is 3. The molecule has 1 aliphatic carbocycles. The summed E-state index contributed by atoms with van der Waals surface area (Å²) in [5.74, 6) is -1.39. The van der Waals surface area contributed by atoms with E-state index in [0.29, 0.717) is 5.02 Å². The van der Waals surface area contributed by atoms with Crippen LogP contribution in [0.3, 0.4) is 0 Å². The molecule has 0 saturated heterocycles. The first-order chi connectivity index (χ1) is 12.5. The summed E-state index contributed by atoms with van der Waals surface area (Å²) in [6, 6.07) is 16.3. The van der Waals surface area contributed by atoms with Crippen molar-refractivity contribution in [2.45, 2.75) is 25.0 Å². The summed E-state index contributed by atoms with van der Waals surface area (Å²) in [5, 5.41) is 16.8. The second kappa shape index (κ2) is 7.89. The standard InChI is InChI=1S/C20H21ClN2O3/c21-17-10-6-14(7-11-17)12-22-18(24)19(25)23-13-20(26,16-8-9-16)15-4-2-1-3-5-15/h1-7,10-11,16,26H,8-9,12-13H2,(H,22,24)(H,23,25). The van der Waals surface area contributed by atoms with Crippen molar-refractivity contribution in [3.63, 3.8) is 0 Å². The summed E-state index contributed by atoms with van der Waals surface area (Å²) >= 11 is 5.81. The van der Waals surface area contributed by atoms with Crippen LogP contribution in [0, 0.1) is 5.92 Å². The summed E-state index contributed by atoms with van der Waals surface area (Å²) in [6.07, 6.45) is 1.81. The van der Waals surface area contributed by atoms with E-state index in [4.69, 9.17) is 11.6 Å². The van der Waals surface area contributed by atoms with Crippen molar-refractivity contribution in [2.24, 2.45) is 5.92 Å². The van der Waals surface area contributed by atoms with Gasteiger partial charge in [-0.05, 0) is 42.0 Å². The van der Waals surface area contributed by atoms with Gasteiger partial charge in [0.15, 0.2) is 0 Å². The lowest BCUT2D eigenvalue weighted by Crippen LogP contribution is -2.47. The van der Waals surface area contributed by atoms with Gasteiger partial charge in [-0.3, -0.25) is 9.59 Å². The fraction of sp³-hybridized carbons (Fsp3) is 0.300. The Morgan fingerprint density at radius 2 is 1.62 bits per heavy atom. The Morgan fingerprint density at radius 1 is 1.00 bits per heavy atom. The molecule has 26 heavy (non-hydrogen) atoms. The average molecular weight is 373 g/mol. The molecule has 1 fully saturated rings. The average Bonchev–Trinajstić information content (AvgIpc) is 3.51. The Balaban J connectivity index is 1.55. The zero-order chi connectivity index (χ0) is 18.6. The molecule has 1 unspecified atom stereocenters. The number of aliphatic hydroxyl groups is 1. The molecule has 2 amide bonds. The number of rotatable bonds is 6. The summed E-state index contributed by atoms with van der Waals surface area (Å²) in [4.78, 5) is 24.1. The van der Waals surface area contributed by atoms with Gasteiger partial charge in [0.1, 0.15) is 5.60 Å². The van der Waals surface area contributed by atoms with E-state index in [0.717, 1.165) is 24.0 Å². The molecule has 0 aromatic heterocycles. The number of carbonyl (C=O) groups excluding carboxylic acids is 2. The summed E-state index contributed by atoms with van der Waals surface area (Å²) in [7, 11) is 0. The minimum atomic E-state index is -1.15. The largest absolute Gasteiger partial charge is 0.383 e. The van der Waals surface area contributed by atoms with Crippen LogP contribution >= 0.6 is 11.6 Å². The molecule has 136 valence electrons. The van der Waals surface area contributed by atoms with E-state index in [1.165, 1.54) is 0 Å². The fourth-order valence-corrected chi connectivity index (χ4v) is 3.06. The molecule has 0 bridgehead atoms. The minimum absolute atomic E-state index is 0.00881. The van der Waals surface area contributed by atoms with Gasteiger partial charge < -0.3 is 15.7 Å². The molecular formula is C20H21ClN2O3. The Labute approximate surface area is 157 Å². The molecule has 1 atom stereocenters. The second-order valence-corrected chi connectivity index (χ2v) is 6.99. The van der Waals surface area contributed by atoms with Gasteiger partial charge in [-0.1, -0.05) is 54.1 Å². The maximum absolute atomic E-state index is 12.1. The van der Waals surface area contributed by atoms with E-state index >= 15 is 0 Å². The van der Waals surface area contributed by atoms with Crippen molar-refractivity contribution in [2.75, 3.05) is 6.54 Å². The van der Waals surface area contributed by atoms with Crippen molar-refractivity contribution in [1.29, 1.82) is 0 Å². The first kappa shape index (κ1) is 18.4. The van der Waals surface area contributed by atoms with E-state index in [1.807, 2.05) is 30.3 Å². The minimum Gasteiger partial charge on any atom is -0.383 e. The molecule has 1 saturated carbocycles. The monoisotopic (exact) mass is 372 g/mol. The Hall–Kier alpha value is -2.37. The molecule has 0 spiro atoms. The highest BCUT2D eigenvalue weighted by molar-refractivity contribution is 6.35. The molecule has 0 radical (unpaired) electrons. The Morgan fingerprint density at radius 3 is 2.23 bits per heavy atom. The molecular weight excluding hydrogens is 352 g/mol. The number of benzene rings is 2. The predicted octanol–water partition coefficient (Wildman–Crippen LogP) is 2.37. The number of amides is 2. The van der Waals surface area contributed by atoms with Crippen molar-refractivity contribution in [3.8, 4) is 0 Å². The van der Waals surface area contributed by atoms with Gasteiger partial charge in [0.2, 0.25) is 0 Å². The van der Waals surface area contributed by atoms with Gasteiger partial charge in [-0.15, -0.1) is 0 Å². The normalized spacial score (nSPS) is 15.8. The van der Waals surface area contributed by atoms with Crippen molar-refractivity contribution in [3.05, 3.63) is 70.7 Å².